The van der Waals surface area contributed by atoms with Crippen LogP contribution in [0.3, 0.4) is 0 Å². The number of amides is 1. The Morgan fingerprint density at radius 2 is 2.10 bits per heavy atom. The van der Waals surface area contributed by atoms with Crippen LogP contribution in [0.5, 0.6) is 0 Å². The Labute approximate surface area is 121 Å². The number of esters is 1. The van der Waals surface area contributed by atoms with Gasteiger partial charge in [-0.25, -0.2) is 0 Å². The van der Waals surface area contributed by atoms with Crippen molar-refractivity contribution >= 4 is 17.6 Å². The normalized spacial score (nSPS) is 10.2. The number of ether oxygens (including phenoxy) is 1. The average Bonchev–Trinajstić information content (AvgIpc) is 2.88. The molecular formula is C13H15N5O3. The third-order valence-electron chi connectivity index (χ3n) is 2.76. The summed E-state index contributed by atoms with van der Waals surface area (Å²) in [6, 6.07) is 1.66. The van der Waals surface area contributed by atoms with Crippen LogP contribution in [0.15, 0.2) is 18.5 Å². The van der Waals surface area contributed by atoms with Crippen molar-refractivity contribution in [2.45, 2.75) is 20.4 Å². The van der Waals surface area contributed by atoms with Crippen LogP contribution in [0, 0.1) is 13.8 Å². The van der Waals surface area contributed by atoms with Gasteiger partial charge in [0.25, 0.3) is 5.91 Å². The van der Waals surface area contributed by atoms with E-state index < -0.39 is 5.97 Å². The van der Waals surface area contributed by atoms with E-state index in [1.807, 2.05) is 0 Å². The van der Waals surface area contributed by atoms with Gasteiger partial charge in [-0.2, -0.15) is 15.3 Å². The molecule has 0 radical (unpaired) electrons. The number of aromatic nitrogens is 4. The molecule has 0 saturated heterocycles. The Bertz CT molecular complexity index is 680. The Morgan fingerprint density at radius 3 is 2.81 bits per heavy atom. The minimum absolute atomic E-state index is 0.0126. The smallest absolute Gasteiger partial charge is 0.327 e. The second kappa shape index (κ2) is 6.12. The van der Waals surface area contributed by atoms with Gasteiger partial charge in [0, 0.05) is 6.20 Å². The highest BCUT2D eigenvalue weighted by atomic mass is 16.5. The molecule has 110 valence electrons. The number of hydrogen-bond acceptors (Lipinski definition) is 6. The van der Waals surface area contributed by atoms with Crippen LogP contribution in [-0.2, 0) is 16.1 Å². The number of anilines is 1. The molecule has 0 fully saturated rings. The Morgan fingerprint density at radius 1 is 1.33 bits per heavy atom. The Balaban J connectivity index is 2.09. The molecule has 2 aromatic rings. The monoisotopic (exact) mass is 289 g/mol. The summed E-state index contributed by atoms with van der Waals surface area (Å²) >= 11 is 0. The fourth-order valence-electron chi connectivity index (χ4n) is 1.69. The topological polar surface area (TPSA) is 99.0 Å². The fraction of sp³-hybridized carbons (Fsp3) is 0.308. The third kappa shape index (κ3) is 3.62. The van der Waals surface area contributed by atoms with Gasteiger partial charge in [-0.1, -0.05) is 0 Å². The molecule has 0 saturated carbocycles. The molecule has 8 heteroatoms. The first-order chi connectivity index (χ1) is 9.99. The predicted octanol–water partition coefficient (Wildman–Crippen LogP) is 0.715. The van der Waals surface area contributed by atoms with Crippen molar-refractivity contribution < 1.29 is 14.3 Å². The standard InChI is InChI=1S/C13H15N5O3/c1-8-4-11(9(2)17-16-8)13(20)15-10-5-14-18(6-10)7-12(19)21-3/h4-6H,7H2,1-3H3,(H,15,20). The molecule has 0 aliphatic carbocycles. The van der Waals surface area contributed by atoms with E-state index in [2.05, 4.69) is 25.3 Å². The molecule has 0 atom stereocenters. The largest absolute Gasteiger partial charge is 0.468 e. The van der Waals surface area contributed by atoms with Crippen LogP contribution in [0.4, 0.5) is 5.69 Å². The van der Waals surface area contributed by atoms with Gasteiger partial charge < -0.3 is 10.1 Å². The van der Waals surface area contributed by atoms with Crippen molar-refractivity contribution in [2.24, 2.45) is 0 Å². The van der Waals surface area contributed by atoms with Gasteiger partial charge in [-0.3, -0.25) is 14.3 Å². The molecule has 8 nitrogen and oxygen atoms in total. The number of carbonyl (C=O) groups is 2. The zero-order chi connectivity index (χ0) is 15.4. The highest BCUT2D eigenvalue weighted by molar-refractivity contribution is 6.04. The lowest BCUT2D eigenvalue weighted by atomic mass is 10.2. The lowest BCUT2D eigenvalue weighted by Gasteiger charge is -2.05. The van der Waals surface area contributed by atoms with Crippen molar-refractivity contribution in [3.8, 4) is 0 Å². The number of nitrogens with zero attached hydrogens (tertiary/aromatic N) is 4. The number of methoxy groups -OCH3 is 1. The van der Waals surface area contributed by atoms with Crippen LogP contribution in [0.25, 0.3) is 0 Å². The van der Waals surface area contributed by atoms with Crippen LogP contribution >= 0.6 is 0 Å². The Kier molecular flexibility index (Phi) is 4.27. The summed E-state index contributed by atoms with van der Waals surface area (Å²) in [5, 5.41) is 14.4. The molecule has 1 amide bonds. The molecular weight excluding hydrogens is 274 g/mol. The summed E-state index contributed by atoms with van der Waals surface area (Å²) in [5.41, 5.74) is 2.13. The van der Waals surface area contributed by atoms with Crippen LogP contribution in [0.2, 0.25) is 0 Å². The maximum absolute atomic E-state index is 12.2. The summed E-state index contributed by atoms with van der Waals surface area (Å²) in [6.07, 6.45) is 3.00. The van der Waals surface area contributed by atoms with E-state index in [1.54, 1.807) is 26.1 Å². The summed E-state index contributed by atoms with van der Waals surface area (Å²) in [6.45, 7) is 3.46. The van der Waals surface area contributed by atoms with Crippen LogP contribution < -0.4 is 5.32 Å². The summed E-state index contributed by atoms with van der Waals surface area (Å²) in [4.78, 5) is 23.3. The van der Waals surface area contributed by atoms with E-state index in [4.69, 9.17) is 0 Å². The second-order valence-electron chi connectivity index (χ2n) is 4.44. The molecule has 2 aromatic heterocycles. The zero-order valence-electron chi connectivity index (χ0n) is 12.0. The maximum atomic E-state index is 12.2. The molecule has 2 heterocycles. The van der Waals surface area contributed by atoms with Gasteiger partial charge in [-0.05, 0) is 19.9 Å². The first-order valence-corrected chi connectivity index (χ1v) is 6.21. The van der Waals surface area contributed by atoms with Crippen molar-refractivity contribution in [2.75, 3.05) is 12.4 Å². The van der Waals surface area contributed by atoms with E-state index in [0.29, 0.717) is 22.6 Å². The Hall–Kier alpha value is -2.77. The number of hydrogen-bond donors (Lipinski definition) is 1. The highest BCUT2D eigenvalue weighted by Crippen LogP contribution is 2.11. The van der Waals surface area contributed by atoms with Crippen molar-refractivity contribution in [1.29, 1.82) is 0 Å². The highest BCUT2D eigenvalue weighted by Gasteiger charge is 2.13. The number of aryl methyl sites for hydroxylation is 2. The van der Waals surface area contributed by atoms with Gasteiger partial charge in [0.2, 0.25) is 0 Å². The number of rotatable bonds is 4. The molecule has 0 aromatic carbocycles. The molecule has 1 N–H and O–H groups in total. The van der Waals surface area contributed by atoms with Gasteiger partial charge in [0.1, 0.15) is 6.54 Å². The lowest BCUT2D eigenvalue weighted by molar-refractivity contribution is -0.141. The van der Waals surface area contributed by atoms with Gasteiger partial charge >= 0.3 is 5.97 Å². The molecule has 0 aliphatic heterocycles. The quantitative estimate of drug-likeness (QED) is 0.832. The predicted molar refractivity (Wildman–Crippen MR) is 73.7 cm³/mol. The lowest BCUT2D eigenvalue weighted by Crippen LogP contribution is -2.15. The minimum atomic E-state index is -0.416. The molecule has 21 heavy (non-hydrogen) atoms. The second-order valence-corrected chi connectivity index (χ2v) is 4.44. The minimum Gasteiger partial charge on any atom is -0.468 e. The maximum Gasteiger partial charge on any atom is 0.327 e. The summed E-state index contributed by atoms with van der Waals surface area (Å²) in [5.74, 6) is -0.719. The fourth-order valence-corrected chi connectivity index (χ4v) is 1.69. The molecule has 0 spiro atoms. The number of nitrogens with one attached hydrogen (secondary N) is 1. The van der Waals surface area contributed by atoms with E-state index in [0.717, 1.165) is 0 Å². The average molecular weight is 289 g/mol. The van der Waals surface area contributed by atoms with Crippen molar-refractivity contribution in [1.82, 2.24) is 20.0 Å². The van der Waals surface area contributed by atoms with Gasteiger partial charge in [-0.15, -0.1) is 0 Å². The first-order valence-electron chi connectivity index (χ1n) is 6.21. The van der Waals surface area contributed by atoms with Gasteiger partial charge in [0.05, 0.1) is 35.9 Å². The third-order valence-corrected chi connectivity index (χ3v) is 2.76. The van der Waals surface area contributed by atoms with Crippen molar-refractivity contribution in [3.05, 3.63) is 35.4 Å². The molecule has 0 bridgehead atoms. The van der Waals surface area contributed by atoms with E-state index in [9.17, 15) is 9.59 Å². The van der Waals surface area contributed by atoms with E-state index in [1.165, 1.54) is 18.0 Å². The molecule has 0 aliphatic rings. The van der Waals surface area contributed by atoms with E-state index in [-0.39, 0.29) is 12.5 Å². The first kappa shape index (κ1) is 14.6. The van der Waals surface area contributed by atoms with Crippen LogP contribution in [0.1, 0.15) is 21.7 Å². The summed E-state index contributed by atoms with van der Waals surface area (Å²) < 4.78 is 5.92. The van der Waals surface area contributed by atoms with Crippen LogP contribution in [-0.4, -0.2) is 39.0 Å². The van der Waals surface area contributed by atoms with Gasteiger partial charge in [0.15, 0.2) is 0 Å². The SMILES string of the molecule is COC(=O)Cn1cc(NC(=O)c2cc(C)nnc2C)cn1. The summed E-state index contributed by atoms with van der Waals surface area (Å²) in [7, 11) is 1.30. The molecule has 0 unspecified atom stereocenters. The number of carbonyl (C=O) groups excluding carboxylic acids is 2. The molecule has 2 rings (SSSR count). The zero-order valence-corrected chi connectivity index (χ0v) is 12.0. The van der Waals surface area contributed by atoms with E-state index >= 15 is 0 Å². The van der Waals surface area contributed by atoms with Crippen molar-refractivity contribution in [3.63, 3.8) is 0 Å².